The Balaban J connectivity index is 1.85. The van der Waals surface area contributed by atoms with Crippen molar-refractivity contribution in [3.05, 3.63) is 59.6 Å². The van der Waals surface area contributed by atoms with Crippen molar-refractivity contribution in [2.75, 3.05) is 6.61 Å². The number of benzene rings is 2. The van der Waals surface area contributed by atoms with Crippen LogP contribution in [0.25, 0.3) is 27.3 Å². The zero-order valence-corrected chi connectivity index (χ0v) is 16.1. The summed E-state index contributed by atoms with van der Waals surface area (Å²) in [4.78, 5) is 15.5. The Labute approximate surface area is 166 Å². The van der Waals surface area contributed by atoms with Crippen molar-refractivity contribution in [1.29, 1.82) is 0 Å². The van der Waals surface area contributed by atoms with E-state index in [0.717, 1.165) is 40.8 Å². The second kappa shape index (κ2) is 7.82. The van der Waals surface area contributed by atoms with Gasteiger partial charge in [0.2, 0.25) is 5.13 Å². The highest BCUT2D eigenvalue weighted by atomic mass is 32.1. The minimum atomic E-state index is -1.05. The molecule has 1 N–H and O–H groups in total. The van der Waals surface area contributed by atoms with Crippen molar-refractivity contribution < 1.29 is 14.6 Å². The maximum atomic E-state index is 11.2. The number of unbranched alkanes of at least 4 members (excludes halogenated alkanes) is 1. The molecular formula is C21H19N3O3S. The number of fused-ring (bicyclic) bond motifs is 1. The van der Waals surface area contributed by atoms with E-state index in [-0.39, 0.29) is 5.69 Å². The van der Waals surface area contributed by atoms with Crippen molar-refractivity contribution >= 4 is 28.2 Å². The van der Waals surface area contributed by atoms with E-state index in [1.807, 2.05) is 48.5 Å². The highest BCUT2D eigenvalue weighted by Gasteiger charge is 2.18. The van der Waals surface area contributed by atoms with Gasteiger partial charge in [-0.3, -0.25) is 0 Å². The Hall–Kier alpha value is -3.19. The van der Waals surface area contributed by atoms with E-state index in [1.54, 1.807) is 4.68 Å². The molecule has 6 nitrogen and oxygen atoms in total. The van der Waals surface area contributed by atoms with Crippen LogP contribution in [0.3, 0.4) is 0 Å². The van der Waals surface area contributed by atoms with Gasteiger partial charge in [-0.25, -0.2) is 14.5 Å². The normalized spacial score (nSPS) is 11.0. The molecule has 142 valence electrons. The zero-order chi connectivity index (χ0) is 19.5. The van der Waals surface area contributed by atoms with Gasteiger partial charge in [0.15, 0.2) is 5.69 Å². The van der Waals surface area contributed by atoms with E-state index < -0.39 is 5.97 Å². The predicted octanol–water partition coefficient (Wildman–Crippen LogP) is 5.03. The van der Waals surface area contributed by atoms with Crippen LogP contribution in [0.15, 0.2) is 53.9 Å². The van der Waals surface area contributed by atoms with Gasteiger partial charge in [-0.15, -0.1) is 11.3 Å². The van der Waals surface area contributed by atoms with Crippen molar-refractivity contribution in [3.63, 3.8) is 0 Å². The minimum Gasteiger partial charge on any atom is -0.494 e. The summed E-state index contributed by atoms with van der Waals surface area (Å²) in [6.45, 7) is 2.78. The zero-order valence-electron chi connectivity index (χ0n) is 15.3. The molecule has 0 saturated heterocycles. The number of ether oxygens (including phenoxy) is 1. The number of carbonyl (C=O) groups is 1. The van der Waals surface area contributed by atoms with Crippen LogP contribution < -0.4 is 4.74 Å². The van der Waals surface area contributed by atoms with Crippen LogP contribution in [0.5, 0.6) is 5.75 Å². The van der Waals surface area contributed by atoms with Crippen LogP contribution in [0, 0.1) is 0 Å². The quantitative estimate of drug-likeness (QED) is 0.446. The number of carboxylic acids is 1. The lowest BCUT2D eigenvalue weighted by atomic mass is 10.1. The van der Waals surface area contributed by atoms with Crippen molar-refractivity contribution in [2.45, 2.75) is 19.8 Å². The summed E-state index contributed by atoms with van der Waals surface area (Å²) in [5.41, 5.74) is 2.66. The highest BCUT2D eigenvalue weighted by molar-refractivity contribution is 7.12. The van der Waals surface area contributed by atoms with Gasteiger partial charge in [0, 0.05) is 22.4 Å². The largest absolute Gasteiger partial charge is 0.494 e. The fraction of sp³-hybridized carbons (Fsp3) is 0.190. The molecule has 0 fully saturated rings. The molecule has 2 heterocycles. The Kier molecular flexibility index (Phi) is 5.08. The second-order valence-corrected chi connectivity index (χ2v) is 7.16. The van der Waals surface area contributed by atoms with Gasteiger partial charge in [0.1, 0.15) is 11.4 Å². The second-order valence-electron chi connectivity index (χ2n) is 6.33. The van der Waals surface area contributed by atoms with Crippen molar-refractivity contribution in [2.24, 2.45) is 0 Å². The number of rotatable bonds is 7. The standard InChI is InChI=1S/C21H19N3O3S/c1-2-3-11-27-15-9-10-16-18(12-15)24(21-22-17(13-28-21)20(25)26)23-19(16)14-7-5-4-6-8-14/h4-10,12-13H,2-3,11H2,1H3,(H,25,26). The Morgan fingerprint density at radius 2 is 2.04 bits per heavy atom. The first-order valence-corrected chi connectivity index (χ1v) is 9.95. The third-order valence-corrected chi connectivity index (χ3v) is 5.17. The van der Waals surface area contributed by atoms with Gasteiger partial charge in [-0.2, -0.15) is 5.10 Å². The molecule has 0 aliphatic rings. The molecule has 0 spiro atoms. The highest BCUT2D eigenvalue weighted by Crippen LogP contribution is 2.33. The lowest BCUT2D eigenvalue weighted by molar-refractivity contribution is 0.0691. The van der Waals surface area contributed by atoms with E-state index in [0.29, 0.717) is 11.7 Å². The van der Waals surface area contributed by atoms with Crippen LogP contribution in [-0.2, 0) is 0 Å². The molecule has 0 saturated carbocycles. The van der Waals surface area contributed by atoms with E-state index in [9.17, 15) is 9.90 Å². The summed E-state index contributed by atoms with van der Waals surface area (Å²) in [6, 6.07) is 15.8. The SMILES string of the molecule is CCCCOc1ccc2c(-c3ccccc3)nn(-c3nc(C(=O)O)cs3)c2c1. The fourth-order valence-corrected chi connectivity index (χ4v) is 3.69. The minimum absolute atomic E-state index is 0.0141. The van der Waals surface area contributed by atoms with E-state index in [1.165, 1.54) is 16.7 Å². The monoisotopic (exact) mass is 393 g/mol. The van der Waals surface area contributed by atoms with Crippen LogP contribution >= 0.6 is 11.3 Å². The molecule has 2 aromatic heterocycles. The van der Waals surface area contributed by atoms with Crippen molar-refractivity contribution in [1.82, 2.24) is 14.8 Å². The smallest absolute Gasteiger partial charge is 0.355 e. The number of thiazole rings is 1. The van der Waals surface area contributed by atoms with Gasteiger partial charge >= 0.3 is 5.97 Å². The Morgan fingerprint density at radius 3 is 2.75 bits per heavy atom. The van der Waals surface area contributed by atoms with Gasteiger partial charge in [-0.05, 0) is 18.6 Å². The molecule has 0 bridgehead atoms. The summed E-state index contributed by atoms with van der Waals surface area (Å²) < 4.78 is 7.55. The molecule has 0 radical (unpaired) electrons. The molecule has 4 rings (SSSR count). The van der Waals surface area contributed by atoms with Gasteiger partial charge in [0.05, 0.1) is 12.1 Å². The number of aromatic nitrogens is 3. The third kappa shape index (κ3) is 3.48. The average molecular weight is 393 g/mol. The maximum absolute atomic E-state index is 11.2. The first-order valence-electron chi connectivity index (χ1n) is 9.07. The fourth-order valence-electron chi connectivity index (χ4n) is 2.93. The first kappa shape index (κ1) is 18.2. The van der Waals surface area contributed by atoms with E-state index in [4.69, 9.17) is 9.84 Å². The van der Waals surface area contributed by atoms with Gasteiger partial charge < -0.3 is 9.84 Å². The number of carboxylic acid groups (broad SMARTS) is 1. The Bertz CT molecular complexity index is 1120. The molecule has 2 aromatic carbocycles. The molecule has 0 unspecified atom stereocenters. The lowest BCUT2D eigenvalue weighted by Crippen LogP contribution is -2.00. The van der Waals surface area contributed by atoms with E-state index in [2.05, 4.69) is 11.9 Å². The molecule has 0 amide bonds. The first-order chi connectivity index (χ1) is 13.7. The van der Waals surface area contributed by atoms with Crippen LogP contribution in [0.4, 0.5) is 0 Å². The summed E-state index contributed by atoms with van der Waals surface area (Å²) >= 11 is 1.25. The van der Waals surface area contributed by atoms with Crippen LogP contribution in [0.1, 0.15) is 30.3 Å². The average Bonchev–Trinajstić information content (AvgIpc) is 3.34. The van der Waals surface area contributed by atoms with Gasteiger partial charge in [-0.1, -0.05) is 43.7 Å². The summed E-state index contributed by atoms with van der Waals surface area (Å²) in [6.07, 6.45) is 2.05. The van der Waals surface area contributed by atoms with Gasteiger partial charge in [0.25, 0.3) is 0 Å². The molecule has 4 aromatic rings. The maximum Gasteiger partial charge on any atom is 0.355 e. The molecule has 7 heteroatoms. The summed E-state index contributed by atoms with van der Waals surface area (Å²) in [5.74, 6) is -0.289. The summed E-state index contributed by atoms with van der Waals surface area (Å²) in [5, 5.41) is 16.9. The van der Waals surface area contributed by atoms with Crippen LogP contribution in [-0.4, -0.2) is 32.4 Å². The molecule has 0 atom stereocenters. The molecule has 0 aliphatic carbocycles. The molecule has 0 aliphatic heterocycles. The number of aromatic carboxylic acids is 1. The molecule has 28 heavy (non-hydrogen) atoms. The number of hydrogen-bond acceptors (Lipinski definition) is 5. The predicted molar refractivity (Wildman–Crippen MR) is 110 cm³/mol. The Morgan fingerprint density at radius 1 is 1.21 bits per heavy atom. The number of hydrogen-bond donors (Lipinski definition) is 1. The third-order valence-electron chi connectivity index (χ3n) is 4.36. The molecular weight excluding hydrogens is 374 g/mol. The van der Waals surface area contributed by atoms with E-state index >= 15 is 0 Å². The topological polar surface area (TPSA) is 77.2 Å². The number of nitrogens with zero attached hydrogens (tertiary/aromatic N) is 3. The lowest BCUT2D eigenvalue weighted by Gasteiger charge is -2.06. The summed E-state index contributed by atoms with van der Waals surface area (Å²) in [7, 11) is 0. The van der Waals surface area contributed by atoms with Crippen LogP contribution in [0.2, 0.25) is 0 Å². The van der Waals surface area contributed by atoms with Crippen molar-refractivity contribution in [3.8, 4) is 22.1 Å².